The Bertz CT molecular complexity index is 533. The predicted octanol–water partition coefficient (Wildman–Crippen LogP) is 1.38. The van der Waals surface area contributed by atoms with Crippen LogP contribution in [0.2, 0.25) is 0 Å². The molecule has 1 aliphatic heterocycles. The van der Waals surface area contributed by atoms with E-state index in [4.69, 9.17) is 0 Å². The SMILES string of the molecule is CCCCN(CC1CCCN1)C(=O)c1ccn(C)c(=O)c1. The van der Waals surface area contributed by atoms with Gasteiger partial charge < -0.3 is 14.8 Å². The Morgan fingerprint density at radius 3 is 2.95 bits per heavy atom. The summed E-state index contributed by atoms with van der Waals surface area (Å²) in [6, 6.07) is 3.55. The Morgan fingerprint density at radius 1 is 1.52 bits per heavy atom. The molecule has 0 spiro atoms. The van der Waals surface area contributed by atoms with E-state index in [1.54, 1.807) is 19.3 Å². The lowest BCUT2D eigenvalue weighted by molar-refractivity contribution is 0.0739. The third-order valence-corrected chi connectivity index (χ3v) is 4.02. The number of rotatable bonds is 6. The van der Waals surface area contributed by atoms with Crippen molar-refractivity contribution < 1.29 is 4.79 Å². The molecule has 2 heterocycles. The summed E-state index contributed by atoms with van der Waals surface area (Å²) >= 11 is 0. The average molecular weight is 291 g/mol. The zero-order valence-electron chi connectivity index (χ0n) is 13.0. The summed E-state index contributed by atoms with van der Waals surface area (Å²) < 4.78 is 1.48. The van der Waals surface area contributed by atoms with E-state index < -0.39 is 0 Å². The molecule has 0 aliphatic carbocycles. The number of pyridine rings is 1. The van der Waals surface area contributed by atoms with Crippen molar-refractivity contribution in [2.24, 2.45) is 7.05 Å². The normalized spacial score (nSPS) is 17.9. The van der Waals surface area contributed by atoms with Gasteiger partial charge in [0.25, 0.3) is 11.5 Å². The average Bonchev–Trinajstić information content (AvgIpc) is 2.98. The number of nitrogens with one attached hydrogen (secondary N) is 1. The van der Waals surface area contributed by atoms with E-state index in [0.29, 0.717) is 11.6 Å². The van der Waals surface area contributed by atoms with Crippen LogP contribution >= 0.6 is 0 Å². The highest BCUT2D eigenvalue weighted by Crippen LogP contribution is 2.11. The molecule has 2 rings (SSSR count). The van der Waals surface area contributed by atoms with Gasteiger partial charge in [-0.1, -0.05) is 13.3 Å². The number of hydrogen-bond donors (Lipinski definition) is 1. The van der Waals surface area contributed by atoms with Crippen molar-refractivity contribution in [1.82, 2.24) is 14.8 Å². The van der Waals surface area contributed by atoms with Crippen LogP contribution < -0.4 is 10.9 Å². The molecule has 1 aliphatic rings. The van der Waals surface area contributed by atoms with Crippen LogP contribution in [0.5, 0.6) is 0 Å². The molecule has 116 valence electrons. The zero-order chi connectivity index (χ0) is 15.2. The topological polar surface area (TPSA) is 54.3 Å². The number of hydrogen-bond acceptors (Lipinski definition) is 3. The monoisotopic (exact) mass is 291 g/mol. The first-order chi connectivity index (χ1) is 10.1. The van der Waals surface area contributed by atoms with Gasteiger partial charge in [0.1, 0.15) is 0 Å². The first-order valence-electron chi connectivity index (χ1n) is 7.81. The molecule has 0 radical (unpaired) electrons. The van der Waals surface area contributed by atoms with Gasteiger partial charge in [-0.2, -0.15) is 0 Å². The van der Waals surface area contributed by atoms with Crippen molar-refractivity contribution >= 4 is 5.91 Å². The molecule has 1 N–H and O–H groups in total. The number of amides is 1. The first kappa shape index (κ1) is 15.8. The van der Waals surface area contributed by atoms with Crippen LogP contribution in [0, 0.1) is 0 Å². The summed E-state index contributed by atoms with van der Waals surface area (Å²) in [5, 5.41) is 3.43. The maximum Gasteiger partial charge on any atom is 0.254 e. The highest BCUT2D eigenvalue weighted by atomic mass is 16.2. The number of carbonyl (C=O) groups excluding carboxylic acids is 1. The Labute approximate surface area is 126 Å². The van der Waals surface area contributed by atoms with E-state index in [1.165, 1.54) is 17.1 Å². The van der Waals surface area contributed by atoms with Crippen LogP contribution in [0.15, 0.2) is 23.1 Å². The second-order valence-corrected chi connectivity index (χ2v) is 5.76. The van der Waals surface area contributed by atoms with Gasteiger partial charge in [-0.15, -0.1) is 0 Å². The third kappa shape index (κ3) is 4.17. The molecule has 1 atom stereocenters. The van der Waals surface area contributed by atoms with E-state index in [-0.39, 0.29) is 11.5 Å². The van der Waals surface area contributed by atoms with Gasteiger partial charge in [0.05, 0.1) is 0 Å². The van der Waals surface area contributed by atoms with E-state index in [0.717, 1.165) is 38.9 Å². The number of aryl methyl sites for hydroxylation is 1. The number of aromatic nitrogens is 1. The molecule has 1 fully saturated rings. The molecule has 0 bridgehead atoms. The molecule has 1 unspecified atom stereocenters. The molecular formula is C16H25N3O2. The second kappa shape index (κ2) is 7.41. The maximum absolute atomic E-state index is 12.7. The Hall–Kier alpha value is -1.62. The second-order valence-electron chi connectivity index (χ2n) is 5.76. The smallest absolute Gasteiger partial charge is 0.254 e. The fourth-order valence-electron chi connectivity index (χ4n) is 2.67. The third-order valence-electron chi connectivity index (χ3n) is 4.02. The van der Waals surface area contributed by atoms with Gasteiger partial charge in [-0.25, -0.2) is 0 Å². The summed E-state index contributed by atoms with van der Waals surface area (Å²) in [4.78, 5) is 26.2. The van der Waals surface area contributed by atoms with Crippen molar-refractivity contribution in [2.45, 2.75) is 38.6 Å². The summed E-state index contributed by atoms with van der Waals surface area (Å²) in [6.07, 6.45) is 5.99. The quantitative estimate of drug-likeness (QED) is 0.861. The number of unbranched alkanes of at least 4 members (excludes halogenated alkanes) is 1. The van der Waals surface area contributed by atoms with Crippen LogP contribution in [0.1, 0.15) is 43.0 Å². The van der Waals surface area contributed by atoms with Gasteiger partial charge in [-0.3, -0.25) is 9.59 Å². The maximum atomic E-state index is 12.7. The molecule has 0 aromatic carbocycles. The molecule has 1 amide bonds. The van der Waals surface area contributed by atoms with Crippen LogP contribution in [0.4, 0.5) is 0 Å². The Kier molecular flexibility index (Phi) is 5.56. The van der Waals surface area contributed by atoms with E-state index in [2.05, 4.69) is 12.2 Å². The summed E-state index contributed by atoms with van der Waals surface area (Å²) in [6.45, 7) is 4.64. The predicted molar refractivity (Wildman–Crippen MR) is 83.5 cm³/mol. The van der Waals surface area contributed by atoms with Gasteiger partial charge in [0.2, 0.25) is 0 Å². The summed E-state index contributed by atoms with van der Waals surface area (Å²) in [7, 11) is 1.69. The van der Waals surface area contributed by atoms with Crippen molar-refractivity contribution in [3.05, 3.63) is 34.2 Å². The fraction of sp³-hybridized carbons (Fsp3) is 0.625. The highest BCUT2D eigenvalue weighted by molar-refractivity contribution is 5.94. The molecule has 5 nitrogen and oxygen atoms in total. The van der Waals surface area contributed by atoms with Crippen LogP contribution in [-0.2, 0) is 7.05 Å². The van der Waals surface area contributed by atoms with Crippen LogP contribution in [0.25, 0.3) is 0 Å². The van der Waals surface area contributed by atoms with Crippen LogP contribution in [0.3, 0.4) is 0 Å². The molecule has 5 heteroatoms. The van der Waals surface area contributed by atoms with Crippen molar-refractivity contribution in [3.63, 3.8) is 0 Å². The first-order valence-corrected chi connectivity index (χ1v) is 7.81. The van der Waals surface area contributed by atoms with Gasteiger partial charge in [0.15, 0.2) is 0 Å². The lowest BCUT2D eigenvalue weighted by Crippen LogP contribution is -2.42. The van der Waals surface area contributed by atoms with Crippen LogP contribution in [-0.4, -0.2) is 41.1 Å². The molecule has 0 saturated carbocycles. The summed E-state index contributed by atoms with van der Waals surface area (Å²) in [5.41, 5.74) is 0.350. The minimum atomic E-state index is -0.143. The van der Waals surface area contributed by atoms with E-state index in [9.17, 15) is 9.59 Å². The van der Waals surface area contributed by atoms with Gasteiger partial charge in [0, 0.05) is 44.0 Å². The number of carbonyl (C=O) groups is 1. The lowest BCUT2D eigenvalue weighted by Gasteiger charge is -2.26. The summed E-state index contributed by atoms with van der Waals surface area (Å²) in [5.74, 6) is -0.0325. The molecule has 1 aromatic heterocycles. The standard InChI is InChI=1S/C16H25N3O2/c1-3-4-9-19(12-14-6-5-8-17-14)16(21)13-7-10-18(2)15(20)11-13/h7,10-11,14,17H,3-6,8-9,12H2,1-2H3. The molecule has 1 aromatic rings. The zero-order valence-corrected chi connectivity index (χ0v) is 13.0. The van der Waals surface area contributed by atoms with Crippen molar-refractivity contribution in [1.29, 1.82) is 0 Å². The van der Waals surface area contributed by atoms with Gasteiger partial charge in [-0.05, 0) is 31.9 Å². The van der Waals surface area contributed by atoms with E-state index in [1.807, 2.05) is 4.90 Å². The van der Waals surface area contributed by atoms with Crippen molar-refractivity contribution in [2.75, 3.05) is 19.6 Å². The van der Waals surface area contributed by atoms with E-state index >= 15 is 0 Å². The lowest BCUT2D eigenvalue weighted by atomic mass is 10.1. The van der Waals surface area contributed by atoms with Gasteiger partial charge >= 0.3 is 0 Å². The number of nitrogens with zero attached hydrogens (tertiary/aromatic N) is 2. The molecule has 1 saturated heterocycles. The highest BCUT2D eigenvalue weighted by Gasteiger charge is 2.22. The minimum absolute atomic E-state index is 0.0325. The minimum Gasteiger partial charge on any atom is -0.337 e. The molecular weight excluding hydrogens is 266 g/mol. The van der Waals surface area contributed by atoms with Crippen molar-refractivity contribution in [3.8, 4) is 0 Å². The largest absolute Gasteiger partial charge is 0.337 e. The molecule has 21 heavy (non-hydrogen) atoms. The Balaban J connectivity index is 2.11. The fourth-order valence-corrected chi connectivity index (χ4v) is 2.67. The Morgan fingerprint density at radius 2 is 2.33 bits per heavy atom.